The first-order valence-corrected chi connectivity index (χ1v) is 6.87. The number of hydrogen-bond acceptors (Lipinski definition) is 2. The molecule has 1 aromatic carbocycles. The number of carbonyl (C=O) groups excluding carboxylic acids is 1. The maximum Gasteiger partial charge on any atom is 0.223 e. The predicted octanol–water partition coefficient (Wildman–Crippen LogP) is 1.89. The molecule has 1 atom stereocenters. The summed E-state index contributed by atoms with van der Waals surface area (Å²) in [6, 6.07) is 7.25. The largest absolute Gasteiger partial charge is 0.314 e. The fourth-order valence-electron chi connectivity index (χ4n) is 3.09. The lowest BCUT2D eigenvalue weighted by Crippen LogP contribution is -2.26. The summed E-state index contributed by atoms with van der Waals surface area (Å²) in [6.45, 7) is 3.64. The van der Waals surface area contributed by atoms with E-state index in [1.165, 1.54) is 24.0 Å². The van der Waals surface area contributed by atoms with Gasteiger partial charge >= 0.3 is 0 Å². The van der Waals surface area contributed by atoms with Crippen molar-refractivity contribution >= 4 is 11.6 Å². The first kappa shape index (κ1) is 11.7. The van der Waals surface area contributed by atoms with E-state index in [0.717, 1.165) is 31.6 Å². The van der Waals surface area contributed by atoms with Crippen LogP contribution in [0.5, 0.6) is 0 Å². The van der Waals surface area contributed by atoms with Crippen LogP contribution in [0.2, 0.25) is 0 Å². The number of hydrogen-bond donors (Lipinski definition) is 1. The minimum atomic E-state index is 0.157. The van der Waals surface area contributed by atoms with Crippen LogP contribution < -0.4 is 10.2 Å². The summed E-state index contributed by atoms with van der Waals surface area (Å²) in [4.78, 5) is 13.5. The Balaban J connectivity index is 1.81. The lowest BCUT2D eigenvalue weighted by atomic mass is 10.0. The molecule has 2 aliphatic heterocycles. The third-order valence-corrected chi connectivity index (χ3v) is 4.07. The highest BCUT2D eigenvalue weighted by Gasteiger charge is 2.23. The van der Waals surface area contributed by atoms with Crippen molar-refractivity contribution in [2.75, 3.05) is 18.0 Å². The first-order valence-electron chi connectivity index (χ1n) is 6.87. The third-order valence-electron chi connectivity index (χ3n) is 4.07. The molecule has 0 aromatic heterocycles. The topological polar surface area (TPSA) is 32.3 Å². The van der Waals surface area contributed by atoms with Crippen molar-refractivity contribution in [3.05, 3.63) is 29.3 Å². The second-order valence-corrected chi connectivity index (χ2v) is 5.38. The van der Waals surface area contributed by atoms with Crippen molar-refractivity contribution in [1.29, 1.82) is 0 Å². The number of benzene rings is 1. The monoisotopic (exact) mass is 244 g/mol. The van der Waals surface area contributed by atoms with Gasteiger partial charge in [0.1, 0.15) is 0 Å². The van der Waals surface area contributed by atoms with Gasteiger partial charge in [0.15, 0.2) is 0 Å². The Morgan fingerprint density at radius 1 is 1.50 bits per heavy atom. The Hall–Kier alpha value is -1.35. The summed E-state index contributed by atoms with van der Waals surface area (Å²) < 4.78 is 0. The molecule has 18 heavy (non-hydrogen) atoms. The second-order valence-electron chi connectivity index (χ2n) is 5.38. The van der Waals surface area contributed by atoms with Crippen LogP contribution in [0.3, 0.4) is 0 Å². The van der Waals surface area contributed by atoms with E-state index in [0.29, 0.717) is 6.04 Å². The number of nitrogens with zero attached hydrogens (tertiary/aromatic N) is 1. The Bertz CT molecular complexity index is 464. The summed E-state index contributed by atoms with van der Waals surface area (Å²) in [6.07, 6.45) is 4.64. The van der Waals surface area contributed by atoms with Gasteiger partial charge in [-0.3, -0.25) is 4.79 Å². The SMILES string of the molecule is CC(=O)N1CCc2ccc(CC3CCCN3)cc21. The molecule has 1 amide bonds. The average molecular weight is 244 g/mol. The van der Waals surface area contributed by atoms with Crippen LogP contribution in [0.1, 0.15) is 30.9 Å². The summed E-state index contributed by atoms with van der Waals surface area (Å²) in [5.41, 5.74) is 3.80. The molecular weight excluding hydrogens is 224 g/mol. The van der Waals surface area contributed by atoms with Crippen molar-refractivity contribution in [3.63, 3.8) is 0 Å². The Kier molecular flexibility index (Phi) is 3.08. The molecule has 2 aliphatic rings. The first-order chi connectivity index (χ1) is 8.74. The highest BCUT2D eigenvalue weighted by Crippen LogP contribution is 2.29. The summed E-state index contributed by atoms with van der Waals surface area (Å²) in [5.74, 6) is 0.157. The van der Waals surface area contributed by atoms with Gasteiger partial charge in [0.2, 0.25) is 5.91 Å². The maximum atomic E-state index is 11.6. The molecular formula is C15H20N2O. The van der Waals surface area contributed by atoms with E-state index >= 15 is 0 Å². The molecule has 1 fully saturated rings. The van der Waals surface area contributed by atoms with Gasteiger partial charge in [0, 0.05) is 25.2 Å². The number of rotatable bonds is 2. The molecule has 3 heteroatoms. The number of amides is 1. The summed E-state index contributed by atoms with van der Waals surface area (Å²) >= 11 is 0. The molecule has 3 nitrogen and oxygen atoms in total. The van der Waals surface area contributed by atoms with Crippen LogP contribution in [0.25, 0.3) is 0 Å². The molecule has 0 aliphatic carbocycles. The Morgan fingerprint density at radius 2 is 2.39 bits per heavy atom. The second kappa shape index (κ2) is 4.73. The van der Waals surface area contributed by atoms with E-state index in [9.17, 15) is 4.79 Å². The zero-order chi connectivity index (χ0) is 12.5. The van der Waals surface area contributed by atoms with Crippen molar-refractivity contribution in [1.82, 2.24) is 5.32 Å². The van der Waals surface area contributed by atoms with Crippen molar-refractivity contribution in [3.8, 4) is 0 Å². The third kappa shape index (κ3) is 2.15. The highest BCUT2D eigenvalue weighted by molar-refractivity contribution is 5.93. The molecule has 0 bridgehead atoms. The van der Waals surface area contributed by atoms with Gasteiger partial charge in [-0.1, -0.05) is 12.1 Å². The number of anilines is 1. The van der Waals surface area contributed by atoms with Crippen LogP contribution in [0.4, 0.5) is 5.69 Å². The van der Waals surface area contributed by atoms with Crippen LogP contribution in [-0.2, 0) is 17.6 Å². The fraction of sp³-hybridized carbons (Fsp3) is 0.533. The molecule has 1 unspecified atom stereocenters. The molecule has 96 valence electrons. The van der Waals surface area contributed by atoms with Gasteiger partial charge in [-0.15, -0.1) is 0 Å². The van der Waals surface area contributed by atoms with Gasteiger partial charge in [-0.05, 0) is 49.4 Å². The quantitative estimate of drug-likeness (QED) is 0.861. The van der Waals surface area contributed by atoms with Crippen LogP contribution >= 0.6 is 0 Å². The number of fused-ring (bicyclic) bond motifs is 1. The number of nitrogens with one attached hydrogen (secondary N) is 1. The minimum Gasteiger partial charge on any atom is -0.314 e. The Labute approximate surface area is 108 Å². The summed E-state index contributed by atoms with van der Waals surface area (Å²) in [7, 11) is 0. The van der Waals surface area contributed by atoms with E-state index in [1.54, 1.807) is 6.92 Å². The van der Waals surface area contributed by atoms with Crippen LogP contribution in [-0.4, -0.2) is 25.0 Å². The Morgan fingerprint density at radius 3 is 3.11 bits per heavy atom. The van der Waals surface area contributed by atoms with Gasteiger partial charge in [0.05, 0.1) is 0 Å². The molecule has 0 radical (unpaired) electrons. The predicted molar refractivity (Wildman–Crippen MR) is 72.9 cm³/mol. The van der Waals surface area contributed by atoms with E-state index in [1.807, 2.05) is 4.90 Å². The van der Waals surface area contributed by atoms with Crippen molar-refractivity contribution in [2.24, 2.45) is 0 Å². The number of carbonyl (C=O) groups is 1. The van der Waals surface area contributed by atoms with E-state index in [4.69, 9.17) is 0 Å². The van der Waals surface area contributed by atoms with Gasteiger partial charge in [0.25, 0.3) is 0 Å². The zero-order valence-corrected chi connectivity index (χ0v) is 10.9. The molecule has 0 spiro atoms. The molecule has 1 aromatic rings. The smallest absolute Gasteiger partial charge is 0.223 e. The van der Waals surface area contributed by atoms with E-state index < -0.39 is 0 Å². The summed E-state index contributed by atoms with van der Waals surface area (Å²) in [5, 5.41) is 3.53. The molecule has 3 rings (SSSR count). The average Bonchev–Trinajstić information content (AvgIpc) is 2.97. The normalized spacial score (nSPS) is 22.3. The van der Waals surface area contributed by atoms with Gasteiger partial charge in [-0.25, -0.2) is 0 Å². The van der Waals surface area contributed by atoms with Crippen molar-refractivity contribution in [2.45, 2.75) is 38.6 Å². The molecule has 0 saturated carbocycles. The van der Waals surface area contributed by atoms with E-state index in [-0.39, 0.29) is 5.91 Å². The molecule has 2 heterocycles. The van der Waals surface area contributed by atoms with Crippen molar-refractivity contribution < 1.29 is 4.79 Å². The van der Waals surface area contributed by atoms with Crippen LogP contribution in [0, 0.1) is 0 Å². The molecule has 1 N–H and O–H groups in total. The standard InChI is InChI=1S/C15H20N2O/c1-11(18)17-8-6-13-5-4-12(10-15(13)17)9-14-3-2-7-16-14/h4-5,10,14,16H,2-3,6-9H2,1H3. The molecule has 1 saturated heterocycles. The van der Waals surface area contributed by atoms with Crippen LogP contribution in [0.15, 0.2) is 18.2 Å². The van der Waals surface area contributed by atoms with E-state index in [2.05, 4.69) is 23.5 Å². The lowest BCUT2D eigenvalue weighted by Gasteiger charge is -2.16. The van der Waals surface area contributed by atoms with Gasteiger partial charge < -0.3 is 10.2 Å². The minimum absolute atomic E-state index is 0.157. The van der Waals surface area contributed by atoms with Gasteiger partial charge in [-0.2, -0.15) is 0 Å². The maximum absolute atomic E-state index is 11.6. The fourth-order valence-corrected chi connectivity index (χ4v) is 3.09. The zero-order valence-electron chi connectivity index (χ0n) is 10.9. The highest BCUT2D eigenvalue weighted by atomic mass is 16.2. The lowest BCUT2D eigenvalue weighted by molar-refractivity contribution is -0.116.